The number of thiophene rings is 1. The van der Waals surface area contributed by atoms with Gasteiger partial charge in [-0.2, -0.15) is 0 Å². The first-order chi connectivity index (χ1) is 16.8. The topological polar surface area (TPSA) is 18.1 Å². The Kier molecular flexibility index (Phi) is 3.71. The van der Waals surface area contributed by atoms with Gasteiger partial charge in [0.15, 0.2) is 0 Å². The molecule has 8 rings (SSSR count). The van der Waals surface area contributed by atoms with Gasteiger partial charge in [0.1, 0.15) is 11.2 Å². The van der Waals surface area contributed by atoms with Gasteiger partial charge in [-0.3, -0.25) is 0 Å². The van der Waals surface area contributed by atoms with Gasteiger partial charge in [-0.1, -0.05) is 70.5 Å². The van der Waals surface area contributed by atoms with Crippen molar-refractivity contribution in [1.29, 1.82) is 0 Å². The molecule has 0 amide bonds. The Balaban J connectivity index is 1.57. The number of hydrogen-bond acceptors (Lipinski definition) is 2. The third-order valence-corrected chi connectivity index (χ3v) is 8.66. The van der Waals surface area contributed by atoms with Crippen molar-refractivity contribution in [2.45, 2.75) is 0 Å². The summed E-state index contributed by atoms with van der Waals surface area (Å²) >= 11 is 5.77. The minimum absolute atomic E-state index is 0.911. The molecule has 0 saturated carbocycles. The summed E-state index contributed by atoms with van der Waals surface area (Å²) in [7, 11) is 0. The van der Waals surface area contributed by atoms with E-state index in [0.717, 1.165) is 32.1 Å². The number of rotatable bonds is 1. The van der Waals surface area contributed by atoms with E-state index in [1.165, 1.54) is 42.0 Å². The van der Waals surface area contributed by atoms with Gasteiger partial charge in [0, 0.05) is 53.2 Å². The largest absolute Gasteiger partial charge is 0.456 e. The van der Waals surface area contributed by atoms with Gasteiger partial charge in [-0.05, 0) is 36.4 Å². The molecule has 0 unspecified atom stereocenters. The first kappa shape index (κ1) is 18.8. The molecule has 0 spiro atoms. The standard InChI is InChI=1S/C30H16BrNOS/c31-23-16-22-18-7-1-4-10-24(18)32(29(22)30-28(23)21-9-3-6-12-27(21)34-30)17-13-14-20-19-8-2-5-11-25(19)33-26(20)15-17/h1-16H. The second kappa shape index (κ2) is 6.72. The summed E-state index contributed by atoms with van der Waals surface area (Å²) in [6.07, 6.45) is 0. The minimum atomic E-state index is 0.911. The van der Waals surface area contributed by atoms with Crippen LogP contribution in [-0.4, -0.2) is 4.57 Å². The maximum Gasteiger partial charge on any atom is 0.137 e. The SMILES string of the molecule is Brc1cc2c3ccccc3n(-c3ccc4c(c3)oc3ccccc34)c2c2sc3ccccc3c12. The molecule has 2 nitrogen and oxygen atoms in total. The van der Waals surface area contributed by atoms with Gasteiger partial charge in [0.25, 0.3) is 0 Å². The monoisotopic (exact) mass is 517 g/mol. The Hall–Kier alpha value is -3.60. The fraction of sp³-hybridized carbons (Fsp3) is 0. The molecule has 0 saturated heterocycles. The minimum Gasteiger partial charge on any atom is -0.456 e. The smallest absolute Gasteiger partial charge is 0.137 e. The van der Waals surface area contributed by atoms with Crippen LogP contribution in [0.4, 0.5) is 0 Å². The lowest BCUT2D eigenvalue weighted by Gasteiger charge is -2.09. The van der Waals surface area contributed by atoms with Gasteiger partial charge in [-0.15, -0.1) is 11.3 Å². The molecule has 0 radical (unpaired) electrons. The highest BCUT2D eigenvalue weighted by Gasteiger charge is 2.20. The zero-order valence-corrected chi connectivity index (χ0v) is 20.3. The van der Waals surface area contributed by atoms with E-state index in [2.05, 4.69) is 105 Å². The zero-order valence-electron chi connectivity index (χ0n) is 17.9. The third-order valence-electron chi connectivity index (χ3n) is 6.85. The number of fused-ring (bicyclic) bond motifs is 10. The quantitative estimate of drug-likeness (QED) is 0.212. The van der Waals surface area contributed by atoms with Crippen molar-refractivity contribution >= 4 is 91.2 Å². The number of benzene rings is 5. The van der Waals surface area contributed by atoms with E-state index >= 15 is 0 Å². The summed E-state index contributed by atoms with van der Waals surface area (Å²) in [6.45, 7) is 0. The van der Waals surface area contributed by atoms with Crippen LogP contribution in [-0.2, 0) is 0 Å². The molecule has 0 N–H and O–H groups in total. The normalized spacial score (nSPS) is 12.3. The summed E-state index contributed by atoms with van der Waals surface area (Å²) < 4.78 is 12.4. The number of furan rings is 1. The second-order valence-corrected chi connectivity index (χ2v) is 10.6. The zero-order chi connectivity index (χ0) is 22.4. The number of aromatic nitrogens is 1. The highest BCUT2D eigenvalue weighted by atomic mass is 79.9. The van der Waals surface area contributed by atoms with Crippen LogP contribution in [0.3, 0.4) is 0 Å². The van der Waals surface area contributed by atoms with E-state index in [-0.39, 0.29) is 0 Å². The summed E-state index contributed by atoms with van der Waals surface area (Å²) in [5.41, 5.74) is 5.39. The van der Waals surface area contributed by atoms with Crippen LogP contribution in [0, 0.1) is 0 Å². The van der Waals surface area contributed by atoms with E-state index in [9.17, 15) is 0 Å². The van der Waals surface area contributed by atoms with E-state index < -0.39 is 0 Å². The lowest BCUT2D eigenvalue weighted by Crippen LogP contribution is -1.93. The van der Waals surface area contributed by atoms with Gasteiger partial charge in [0.2, 0.25) is 0 Å². The summed E-state index contributed by atoms with van der Waals surface area (Å²) in [5.74, 6) is 0. The first-order valence-electron chi connectivity index (χ1n) is 11.2. The molecule has 0 aliphatic rings. The predicted molar refractivity (Wildman–Crippen MR) is 149 cm³/mol. The van der Waals surface area contributed by atoms with Crippen molar-refractivity contribution in [3.05, 3.63) is 102 Å². The van der Waals surface area contributed by atoms with Crippen LogP contribution >= 0.6 is 27.3 Å². The number of hydrogen-bond donors (Lipinski definition) is 0. The van der Waals surface area contributed by atoms with E-state index in [1.54, 1.807) is 0 Å². The molecule has 3 heterocycles. The van der Waals surface area contributed by atoms with Crippen molar-refractivity contribution in [1.82, 2.24) is 4.57 Å². The predicted octanol–water partition coefficient (Wildman–Crippen LogP) is 9.81. The van der Waals surface area contributed by atoms with Gasteiger partial charge < -0.3 is 8.98 Å². The molecular weight excluding hydrogens is 502 g/mol. The van der Waals surface area contributed by atoms with Gasteiger partial charge in [0.05, 0.1) is 15.7 Å². The molecule has 5 aromatic carbocycles. The van der Waals surface area contributed by atoms with Crippen molar-refractivity contribution in [2.24, 2.45) is 0 Å². The van der Waals surface area contributed by atoms with Crippen molar-refractivity contribution in [3.8, 4) is 5.69 Å². The van der Waals surface area contributed by atoms with Crippen LogP contribution in [0.15, 0.2) is 106 Å². The number of halogens is 1. The lowest BCUT2D eigenvalue weighted by molar-refractivity contribution is 0.668. The highest BCUT2D eigenvalue weighted by molar-refractivity contribution is 9.10. The van der Waals surface area contributed by atoms with Crippen molar-refractivity contribution in [2.75, 3.05) is 0 Å². The Morgan fingerprint density at radius 2 is 1.38 bits per heavy atom. The van der Waals surface area contributed by atoms with E-state index in [1.807, 2.05) is 23.5 Å². The number of para-hydroxylation sites is 2. The van der Waals surface area contributed by atoms with Crippen LogP contribution in [0.25, 0.3) is 69.6 Å². The Bertz CT molecular complexity index is 2090. The first-order valence-corrected chi connectivity index (χ1v) is 12.8. The average molecular weight is 518 g/mol. The van der Waals surface area contributed by atoms with Crippen LogP contribution in [0.1, 0.15) is 0 Å². The molecule has 0 bridgehead atoms. The molecular formula is C30H16BrNOS. The molecule has 34 heavy (non-hydrogen) atoms. The molecule has 0 aliphatic heterocycles. The van der Waals surface area contributed by atoms with Crippen molar-refractivity contribution in [3.63, 3.8) is 0 Å². The Morgan fingerprint density at radius 1 is 0.647 bits per heavy atom. The molecule has 0 atom stereocenters. The lowest BCUT2D eigenvalue weighted by atomic mass is 10.1. The fourth-order valence-electron chi connectivity index (χ4n) is 5.40. The molecule has 4 heteroatoms. The summed E-state index contributed by atoms with van der Waals surface area (Å²) in [4.78, 5) is 0. The van der Waals surface area contributed by atoms with Gasteiger partial charge in [-0.25, -0.2) is 0 Å². The highest BCUT2D eigenvalue weighted by Crippen LogP contribution is 2.46. The average Bonchev–Trinajstić information content (AvgIpc) is 3.53. The van der Waals surface area contributed by atoms with Crippen LogP contribution in [0.2, 0.25) is 0 Å². The van der Waals surface area contributed by atoms with E-state index in [0.29, 0.717) is 0 Å². The second-order valence-electron chi connectivity index (χ2n) is 8.69. The van der Waals surface area contributed by atoms with Crippen LogP contribution in [0.5, 0.6) is 0 Å². The van der Waals surface area contributed by atoms with Crippen LogP contribution < -0.4 is 0 Å². The Labute approximate surface area is 206 Å². The maximum atomic E-state index is 6.25. The molecule has 160 valence electrons. The fourth-order valence-corrected chi connectivity index (χ4v) is 7.44. The summed E-state index contributed by atoms with van der Waals surface area (Å²) in [5, 5.41) is 7.38. The maximum absolute atomic E-state index is 6.25. The molecule has 0 fully saturated rings. The molecule has 0 aliphatic carbocycles. The Morgan fingerprint density at radius 3 is 2.29 bits per heavy atom. The van der Waals surface area contributed by atoms with Gasteiger partial charge >= 0.3 is 0 Å². The number of nitrogens with zero attached hydrogens (tertiary/aromatic N) is 1. The summed E-state index contributed by atoms with van der Waals surface area (Å²) in [6, 6.07) is 34.5. The third kappa shape index (κ3) is 2.39. The van der Waals surface area contributed by atoms with Crippen molar-refractivity contribution < 1.29 is 4.42 Å². The molecule has 8 aromatic rings. The molecule has 3 aromatic heterocycles. The van der Waals surface area contributed by atoms with E-state index in [4.69, 9.17) is 4.42 Å².